The molecule has 0 heterocycles. The summed E-state index contributed by atoms with van der Waals surface area (Å²) in [6.45, 7) is 6.39. The van der Waals surface area contributed by atoms with Gasteiger partial charge in [-0.2, -0.15) is 0 Å². The van der Waals surface area contributed by atoms with Crippen LogP contribution in [0.2, 0.25) is 0 Å². The maximum absolute atomic E-state index is 6.35. The number of aryl methyl sites for hydroxylation is 3. The maximum atomic E-state index is 6.35. The first-order valence-corrected chi connectivity index (χ1v) is 8.33. The fraction of sp³-hybridized carbons (Fsp3) is 0.368. The summed E-state index contributed by atoms with van der Waals surface area (Å²) in [6, 6.07) is 15.1. The van der Waals surface area contributed by atoms with Gasteiger partial charge in [-0.3, -0.25) is 0 Å². The molecule has 0 atom stereocenters. The van der Waals surface area contributed by atoms with E-state index >= 15 is 0 Å². The van der Waals surface area contributed by atoms with Gasteiger partial charge >= 0.3 is 0 Å². The fourth-order valence-corrected chi connectivity index (χ4v) is 3.45. The van der Waals surface area contributed by atoms with Gasteiger partial charge in [-0.05, 0) is 49.4 Å². The molecule has 0 radical (unpaired) electrons. The van der Waals surface area contributed by atoms with Crippen molar-refractivity contribution < 1.29 is 0 Å². The zero-order chi connectivity index (χ0) is 15.5. The van der Waals surface area contributed by atoms with Crippen molar-refractivity contribution in [2.45, 2.75) is 32.6 Å². The van der Waals surface area contributed by atoms with Crippen LogP contribution in [0, 0.1) is 20.8 Å². The van der Waals surface area contributed by atoms with Gasteiger partial charge in [0.1, 0.15) is 0 Å². The maximum Gasteiger partial charge on any atom is 0.0335 e. The molecule has 0 spiro atoms. The molecule has 2 aromatic rings. The zero-order valence-electron chi connectivity index (χ0n) is 12.9. The van der Waals surface area contributed by atoms with Gasteiger partial charge < -0.3 is 0 Å². The lowest BCUT2D eigenvalue weighted by molar-refractivity contribution is 0.536. The highest BCUT2D eigenvalue weighted by atomic mass is 35.5. The molecule has 0 amide bonds. The lowest BCUT2D eigenvalue weighted by atomic mass is 9.78. The highest BCUT2D eigenvalue weighted by Gasteiger charge is 2.31. The largest absolute Gasteiger partial charge is 0.126 e. The summed E-state index contributed by atoms with van der Waals surface area (Å²) in [5.41, 5.74) is 6.18. The van der Waals surface area contributed by atoms with Crippen molar-refractivity contribution in [3.05, 3.63) is 70.3 Å². The second-order valence-corrected chi connectivity index (χ2v) is 6.55. The molecule has 0 saturated heterocycles. The number of alkyl halides is 2. The lowest BCUT2D eigenvalue weighted by Gasteiger charge is -2.31. The number of hydrogen-bond donors (Lipinski definition) is 0. The number of halogens is 2. The standard InChI is InChI=1S/C19H22Cl2/c1-14-5-4-6-18(9-14)19(12-20,13-21)11-17-8-7-15(2)16(3)10-17/h4-10H,11-13H2,1-3H3. The summed E-state index contributed by atoms with van der Waals surface area (Å²) in [5.74, 6) is 1.04. The Morgan fingerprint density at radius 2 is 1.57 bits per heavy atom. The summed E-state index contributed by atoms with van der Waals surface area (Å²) < 4.78 is 0. The molecule has 112 valence electrons. The molecule has 0 aliphatic heterocycles. The average Bonchev–Trinajstić information content (AvgIpc) is 2.48. The van der Waals surface area contributed by atoms with Crippen LogP contribution in [0.4, 0.5) is 0 Å². The summed E-state index contributed by atoms with van der Waals surface area (Å²) in [5, 5.41) is 0. The van der Waals surface area contributed by atoms with E-state index in [1.54, 1.807) is 0 Å². The highest BCUT2D eigenvalue weighted by molar-refractivity contribution is 6.22. The first-order chi connectivity index (χ1) is 10.0. The van der Waals surface area contributed by atoms with E-state index in [1.807, 2.05) is 0 Å². The Hall–Kier alpha value is -0.980. The van der Waals surface area contributed by atoms with Crippen molar-refractivity contribution in [3.63, 3.8) is 0 Å². The Kier molecular flexibility index (Phi) is 5.35. The van der Waals surface area contributed by atoms with Gasteiger partial charge in [-0.15, -0.1) is 23.2 Å². The smallest absolute Gasteiger partial charge is 0.0335 e. The van der Waals surface area contributed by atoms with Crippen LogP contribution in [-0.2, 0) is 11.8 Å². The van der Waals surface area contributed by atoms with Gasteiger partial charge in [-0.25, -0.2) is 0 Å². The molecule has 2 rings (SSSR count). The van der Waals surface area contributed by atoms with Gasteiger partial charge in [0.25, 0.3) is 0 Å². The van der Waals surface area contributed by atoms with E-state index < -0.39 is 0 Å². The molecule has 0 aliphatic rings. The van der Waals surface area contributed by atoms with Crippen LogP contribution in [0.1, 0.15) is 27.8 Å². The van der Waals surface area contributed by atoms with Crippen LogP contribution < -0.4 is 0 Å². The van der Waals surface area contributed by atoms with Gasteiger partial charge in [0.2, 0.25) is 0 Å². The molecule has 21 heavy (non-hydrogen) atoms. The summed E-state index contributed by atoms with van der Waals surface area (Å²) in [6.07, 6.45) is 0.866. The monoisotopic (exact) mass is 320 g/mol. The normalized spacial score (nSPS) is 11.7. The van der Waals surface area contributed by atoms with Crippen LogP contribution in [-0.4, -0.2) is 11.8 Å². The fourth-order valence-electron chi connectivity index (χ4n) is 2.67. The SMILES string of the molecule is Cc1cccc(C(CCl)(CCl)Cc2ccc(C)c(C)c2)c1. The summed E-state index contributed by atoms with van der Waals surface area (Å²) in [7, 11) is 0. The predicted octanol–water partition coefficient (Wildman–Crippen LogP) is 5.57. The Labute approximate surface area is 138 Å². The van der Waals surface area contributed by atoms with Gasteiger partial charge in [-0.1, -0.05) is 48.0 Å². The molecule has 0 aromatic heterocycles. The van der Waals surface area contributed by atoms with Crippen LogP contribution >= 0.6 is 23.2 Å². The predicted molar refractivity (Wildman–Crippen MR) is 93.9 cm³/mol. The molecule has 2 heteroatoms. The van der Waals surface area contributed by atoms with E-state index in [0.29, 0.717) is 11.8 Å². The van der Waals surface area contributed by atoms with E-state index in [1.165, 1.54) is 27.8 Å². The van der Waals surface area contributed by atoms with E-state index in [9.17, 15) is 0 Å². The molecular weight excluding hydrogens is 299 g/mol. The van der Waals surface area contributed by atoms with Gasteiger partial charge in [0.05, 0.1) is 0 Å². The molecule has 0 nitrogen and oxygen atoms in total. The van der Waals surface area contributed by atoms with Crippen LogP contribution in [0.5, 0.6) is 0 Å². The number of hydrogen-bond acceptors (Lipinski definition) is 0. The molecule has 0 N–H and O–H groups in total. The van der Waals surface area contributed by atoms with Crippen molar-refractivity contribution in [3.8, 4) is 0 Å². The molecule has 0 unspecified atom stereocenters. The van der Waals surface area contributed by atoms with Crippen LogP contribution in [0.25, 0.3) is 0 Å². The van der Waals surface area contributed by atoms with Crippen molar-refractivity contribution >= 4 is 23.2 Å². The first-order valence-electron chi connectivity index (χ1n) is 7.26. The summed E-state index contributed by atoms with van der Waals surface area (Å²) >= 11 is 12.7. The van der Waals surface area contributed by atoms with Gasteiger partial charge in [0, 0.05) is 17.2 Å². The minimum atomic E-state index is -0.211. The van der Waals surface area contributed by atoms with E-state index in [-0.39, 0.29) is 5.41 Å². The first kappa shape index (κ1) is 16.4. The third kappa shape index (κ3) is 3.62. The molecular formula is C19H22Cl2. The third-order valence-electron chi connectivity index (χ3n) is 4.26. The molecule has 0 aliphatic carbocycles. The Balaban J connectivity index is 2.40. The average molecular weight is 321 g/mol. The van der Waals surface area contributed by atoms with Crippen molar-refractivity contribution in [1.29, 1.82) is 0 Å². The van der Waals surface area contributed by atoms with E-state index in [0.717, 1.165) is 6.42 Å². The zero-order valence-corrected chi connectivity index (χ0v) is 14.4. The lowest BCUT2D eigenvalue weighted by Crippen LogP contribution is -2.33. The second-order valence-electron chi connectivity index (χ2n) is 6.01. The quantitative estimate of drug-likeness (QED) is 0.632. The minimum Gasteiger partial charge on any atom is -0.126 e. The molecule has 2 aromatic carbocycles. The Morgan fingerprint density at radius 3 is 2.14 bits per heavy atom. The van der Waals surface area contributed by atoms with E-state index in [4.69, 9.17) is 23.2 Å². The minimum absolute atomic E-state index is 0.211. The summed E-state index contributed by atoms with van der Waals surface area (Å²) in [4.78, 5) is 0. The van der Waals surface area contributed by atoms with Crippen molar-refractivity contribution in [1.82, 2.24) is 0 Å². The number of benzene rings is 2. The molecule has 0 saturated carbocycles. The van der Waals surface area contributed by atoms with Crippen molar-refractivity contribution in [2.24, 2.45) is 0 Å². The second kappa shape index (κ2) is 6.85. The van der Waals surface area contributed by atoms with Crippen LogP contribution in [0.15, 0.2) is 42.5 Å². The van der Waals surface area contributed by atoms with Gasteiger partial charge in [0.15, 0.2) is 0 Å². The van der Waals surface area contributed by atoms with Crippen LogP contribution in [0.3, 0.4) is 0 Å². The Morgan fingerprint density at radius 1 is 0.857 bits per heavy atom. The molecule has 0 fully saturated rings. The third-order valence-corrected chi connectivity index (χ3v) is 5.28. The highest BCUT2D eigenvalue weighted by Crippen LogP contribution is 2.32. The van der Waals surface area contributed by atoms with E-state index in [2.05, 4.69) is 63.2 Å². The Bertz CT molecular complexity index is 613. The van der Waals surface area contributed by atoms with Crippen molar-refractivity contribution in [2.75, 3.05) is 11.8 Å². The topological polar surface area (TPSA) is 0 Å². The molecule has 0 bridgehead atoms. The number of rotatable bonds is 5.